The lowest BCUT2D eigenvalue weighted by atomic mass is 9.94. The van der Waals surface area contributed by atoms with Gasteiger partial charge in [0.2, 0.25) is 0 Å². The molecular formula is C14H22N2OS. The third-order valence-electron chi connectivity index (χ3n) is 3.49. The number of hydrogen-bond donors (Lipinski definition) is 2. The molecule has 4 heteroatoms. The zero-order valence-electron chi connectivity index (χ0n) is 11.5. The second kappa shape index (κ2) is 6.05. The molecule has 0 saturated heterocycles. The minimum Gasteiger partial charge on any atom is -0.497 e. The van der Waals surface area contributed by atoms with E-state index in [4.69, 9.17) is 22.7 Å². The van der Waals surface area contributed by atoms with Gasteiger partial charge in [-0.2, -0.15) is 0 Å². The first-order valence-electron chi connectivity index (χ1n) is 6.21. The Morgan fingerprint density at radius 3 is 2.44 bits per heavy atom. The molecule has 0 bridgehead atoms. The van der Waals surface area contributed by atoms with E-state index < -0.39 is 0 Å². The second-order valence-electron chi connectivity index (χ2n) is 4.67. The van der Waals surface area contributed by atoms with Gasteiger partial charge in [-0.05, 0) is 31.9 Å². The molecule has 0 aliphatic heterocycles. The van der Waals surface area contributed by atoms with Crippen LogP contribution in [0.1, 0.15) is 39.2 Å². The Hall–Kier alpha value is -1.29. The van der Waals surface area contributed by atoms with Crippen molar-refractivity contribution in [2.45, 2.75) is 39.2 Å². The fourth-order valence-electron chi connectivity index (χ4n) is 1.72. The number of hydrogen-bond acceptors (Lipinski definition) is 3. The smallest absolute Gasteiger partial charge is 0.120 e. The highest BCUT2D eigenvalue weighted by molar-refractivity contribution is 7.80. The van der Waals surface area contributed by atoms with E-state index in [0.29, 0.717) is 4.99 Å². The Morgan fingerprint density at radius 2 is 2.00 bits per heavy atom. The molecule has 1 aromatic rings. The van der Waals surface area contributed by atoms with E-state index in [-0.39, 0.29) is 5.54 Å². The molecule has 0 aliphatic carbocycles. The number of thiocarbonyl (C=S) groups is 1. The zero-order valence-corrected chi connectivity index (χ0v) is 12.4. The number of nitrogens with one attached hydrogen (secondary N) is 1. The Balaban J connectivity index is 3.15. The van der Waals surface area contributed by atoms with Crippen LogP contribution in [0.2, 0.25) is 0 Å². The van der Waals surface area contributed by atoms with Crippen molar-refractivity contribution in [2.75, 3.05) is 12.4 Å². The summed E-state index contributed by atoms with van der Waals surface area (Å²) in [7, 11) is 1.65. The third kappa shape index (κ3) is 3.35. The number of benzene rings is 1. The number of ether oxygens (including phenoxy) is 1. The van der Waals surface area contributed by atoms with Gasteiger partial charge >= 0.3 is 0 Å². The lowest BCUT2D eigenvalue weighted by molar-refractivity contribution is 0.414. The van der Waals surface area contributed by atoms with Gasteiger partial charge in [0.25, 0.3) is 0 Å². The van der Waals surface area contributed by atoms with E-state index in [9.17, 15) is 0 Å². The van der Waals surface area contributed by atoms with Crippen LogP contribution in [0.4, 0.5) is 5.69 Å². The van der Waals surface area contributed by atoms with Gasteiger partial charge < -0.3 is 15.8 Å². The fraction of sp³-hybridized carbons (Fsp3) is 0.500. The molecule has 0 amide bonds. The monoisotopic (exact) mass is 266 g/mol. The molecular weight excluding hydrogens is 244 g/mol. The first kappa shape index (κ1) is 14.8. The van der Waals surface area contributed by atoms with Crippen LogP contribution in [-0.2, 0) is 0 Å². The highest BCUT2D eigenvalue weighted by Crippen LogP contribution is 2.28. The molecule has 0 fully saturated rings. The van der Waals surface area contributed by atoms with Gasteiger partial charge in [0.15, 0.2) is 0 Å². The number of nitrogens with two attached hydrogens (primary N) is 1. The summed E-state index contributed by atoms with van der Waals surface area (Å²) in [6.45, 7) is 6.52. The first-order valence-corrected chi connectivity index (χ1v) is 6.62. The van der Waals surface area contributed by atoms with Crippen LogP contribution in [0.15, 0.2) is 18.2 Å². The zero-order chi connectivity index (χ0) is 13.8. The molecule has 0 atom stereocenters. The van der Waals surface area contributed by atoms with Crippen molar-refractivity contribution in [3.05, 3.63) is 23.8 Å². The van der Waals surface area contributed by atoms with Crippen LogP contribution in [0.5, 0.6) is 5.75 Å². The Kier molecular flexibility index (Phi) is 4.96. The van der Waals surface area contributed by atoms with Crippen molar-refractivity contribution in [1.29, 1.82) is 0 Å². The van der Waals surface area contributed by atoms with E-state index in [0.717, 1.165) is 29.8 Å². The third-order valence-corrected chi connectivity index (χ3v) is 3.71. The van der Waals surface area contributed by atoms with Gasteiger partial charge in [-0.1, -0.05) is 26.1 Å². The summed E-state index contributed by atoms with van der Waals surface area (Å²) in [5, 5.41) is 3.53. The maximum atomic E-state index is 5.76. The van der Waals surface area contributed by atoms with Crippen molar-refractivity contribution in [1.82, 2.24) is 0 Å². The Labute approximate surface area is 115 Å². The van der Waals surface area contributed by atoms with Gasteiger partial charge in [-0.15, -0.1) is 0 Å². The van der Waals surface area contributed by atoms with Crippen molar-refractivity contribution in [3.8, 4) is 5.75 Å². The summed E-state index contributed by atoms with van der Waals surface area (Å²) in [4.78, 5) is 0.398. The van der Waals surface area contributed by atoms with Crippen molar-refractivity contribution in [3.63, 3.8) is 0 Å². The number of rotatable bonds is 6. The summed E-state index contributed by atoms with van der Waals surface area (Å²) in [5.74, 6) is 0.798. The van der Waals surface area contributed by atoms with Crippen molar-refractivity contribution in [2.24, 2.45) is 5.73 Å². The summed E-state index contributed by atoms with van der Waals surface area (Å²) in [6, 6.07) is 5.71. The molecule has 1 rings (SSSR count). The molecule has 3 N–H and O–H groups in total. The summed E-state index contributed by atoms with van der Waals surface area (Å²) < 4.78 is 5.25. The molecule has 0 saturated carbocycles. The van der Waals surface area contributed by atoms with Crippen LogP contribution in [0.3, 0.4) is 0 Å². The lowest BCUT2D eigenvalue weighted by Crippen LogP contribution is -2.34. The van der Waals surface area contributed by atoms with E-state index in [2.05, 4.69) is 26.1 Å². The quantitative estimate of drug-likeness (QED) is 0.775. The Morgan fingerprint density at radius 1 is 1.39 bits per heavy atom. The number of anilines is 1. The van der Waals surface area contributed by atoms with Crippen molar-refractivity contribution < 1.29 is 4.74 Å². The molecule has 0 radical (unpaired) electrons. The van der Waals surface area contributed by atoms with E-state index >= 15 is 0 Å². The molecule has 1 aromatic carbocycles. The molecule has 0 spiro atoms. The summed E-state index contributed by atoms with van der Waals surface area (Å²) in [5.41, 5.74) is 7.59. The maximum absolute atomic E-state index is 5.76. The first-order chi connectivity index (χ1) is 8.45. The van der Waals surface area contributed by atoms with Gasteiger partial charge in [0.05, 0.1) is 7.11 Å². The van der Waals surface area contributed by atoms with Crippen LogP contribution in [0.25, 0.3) is 0 Å². The molecule has 3 nitrogen and oxygen atoms in total. The largest absolute Gasteiger partial charge is 0.497 e. The van der Waals surface area contributed by atoms with Crippen LogP contribution in [0, 0.1) is 0 Å². The van der Waals surface area contributed by atoms with Crippen molar-refractivity contribution >= 4 is 22.9 Å². The predicted octanol–water partition coefficient (Wildman–Crippen LogP) is 3.32. The normalized spacial score (nSPS) is 11.1. The van der Waals surface area contributed by atoms with Gasteiger partial charge in [-0.25, -0.2) is 0 Å². The molecule has 0 aliphatic rings. The maximum Gasteiger partial charge on any atom is 0.120 e. The summed E-state index contributed by atoms with van der Waals surface area (Å²) >= 11 is 5.09. The topological polar surface area (TPSA) is 47.3 Å². The molecule has 0 aromatic heterocycles. The minimum atomic E-state index is 0.0336. The SMILES string of the molecule is CCC(C)(CC)Nc1cc(OC)ccc1C(N)=S. The molecule has 0 unspecified atom stereocenters. The highest BCUT2D eigenvalue weighted by atomic mass is 32.1. The minimum absolute atomic E-state index is 0.0336. The van der Waals surface area contributed by atoms with Crippen LogP contribution in [-0.4, -0.2) is 17.6 Å². The van der Waals surface area contributed by atoms with Crippen LogP contribution >= 0.6 is 12.2 Å². The Bertz CT molecular complexity index is 428. The predicted molar refractivity (Wildman–Crippen MR) is 81.5 cm³/mol. The average Bonchev–Trinajstić information content (AvgIpc) is 2.38. The van der Waals surface area contributed by atoms with Crippen LogP contribution < -0.4 is 15.8 Å². The molecule has 0 heterocycles. The summed E-state index contributed by atoms with van der Waals surface area (Å²) in [6.07, 6.45) is 2.05. The standard InChI is InChI=1S/C14H22N2OS/c1-5-14(3,6-2)16-12-9-10(17-4)7-8-11(12)13(15)18/h7-9,16H,5-6H2,1-4H3,(H2,15,18). The molecule has 100 valence electrons. The highest BCUT2D eigenvalue weighted by Gasteiger charge is 2.21. The molecule has 18 heavy (non-hydrogen) atoms. The van der Waals surface area contributed by atoms with Gasteiger partial charge in [-0.3, -0.25) is 0 Å². The number of methoxy groups -OCH3 is 1. The average molecular weight is 266 g/mol. The van der Waals surface area contributed by atoms with E-state index in [1.54, 1.807) is 7.11 Å². The van der Waals surface area contributed by atoms with E-state index in [1.807, 2.05) is 18.2 Å². The van der Waals surface area contributed by atoms with Gasteiger partial charge in [0, 0.05) is 22.9 Å². The van der Waals surface area contributed by atoms with E-state index in [1.165, 1.54) is 0 Å². The second-order valence-corrected chi connectivity index (χ2v) is 5.11. The fourth-order valence-corrected chi connectivity index (χ4v) is 1.90. The lowest BCUT2D eigenvalue weighted by Gasteiger charge is -2.30. The van der Waals surface area contributed by atoms with Gasteiger partial charge in [0.1, 0.15) is 10.7 Å².